The second-order valence-corrected chi connectivity index (χ2v) is 9.65. The average Bonchev–Trinajstić information content (AvgIpc) is 3.54. The Balaban J connectivity index is 1.48. The van der Waals surface area contributed by atoms with E-state index >= 15 is 0 Å². The maximum absolute atomic E-state index is 13.9. The fraction of sp³-hybridized carbons (Fsp3) is 0.310. The smallest absolute Gasteiger partial charge is 0.337 e. The van der Waals surface area contributed by atoms with E-state index in [0.29, 0.717) is 24.0 Å². The molecule has 1 aromatic heterocycles. The van der Waals surface area contributed by atoms with Crippen molar-refractivity contribution in [2.45, 2.75) is 50.5 Å². The van der Waals surface area contributed by atoms with Crippen LogP contribution in [-0.2, 0) is 14.3 Å². The zero-order chi connectivity index (χ0) is 24.1. The third kappa shape index (κ3) is 3.73. The first-order valence-corrected chi connectivity index (χ1v) is 12.2. The van der Waals surface area contributed by atoms with Crippen molar-refractivity contribution in [2.24, 2.45) is 0 Å². The lowest BCUT2D eigenvalue weighted by molar-refractivity contribution is -0.140. The molecule has 6 rings (SSSR count). The maximum atomic E-state index is 13.9. The number of Topliss-reactive ketones (excluding diaryl/α,β-unsaturated/α-hetero) is 1. The molecular formula is C29H28N2O4. The van der Waals surface area contributed by atoms with Crippen LogP contribution >= 0.6 is 0 Å². The summed E-state index contributed by atoms with van der Waals surface area (Å²) in [4.78, 5) is 30.5. The van der Waals surface area contributed by atoms with E-state index in [1.807, 2.05) is 61.7 Å². The number of rotatable bonds is 5. The lowest BCUT2D eigenvalue weighted by Gasteiger charge is -2.37. The van der Waals surface area contributed by atoms with Crippen molar-refractivity contribution in [3.05, 3.63) is 88.4 Å². The van der Waals surface area contributed by atoms with Crippen molar-refractivity contribution in [3.8, 4) is 5.75 Å². The lowest BCUT2D eigenvalue weighted by atomic mass is 9.71. The molecule has 2 unspecified atom stereocenters. The Hall–Kier alpha value is -3.80. The number of dihydropyridines is 1. The van der Waals surface area contributed by atoms with Crippen molar-refractivity contribution in [1.82, 2.24) is 10.3 Å². The quantitative estimate of drug-likeness (QED) is 0.501. The van der Waals surface area contributed by atoms with Gasteiger partial charge in [-0.05, 0) is 55.5 Å². The van der Waals surface area contributed by atoms with Crippen LogP contribution in [-0.4, -0.2) is 30.0 Å². The van der Waals surface area contributed by atoms with Gasteiger partial charge in [0.1, 0.15) is 11.9 Å². The molecule has 2 aromatic carbocycles. The maximum Gasteiger partial charge on any atom is 0.337 e. The minimum absolute atomic E-state index is 0.00127. The second-order valence-electron chi connectivity index (χ2n) is 9.65. The molecule has 2 aliphatic carbocycles. The molecular weight excluding hydrogens is 440 g/mol. The zero-order valence-electron chi connectivity index (χ0n) is 19.9. The molecule has 0 spiro atoms. The Morgan fingerprint density at radius 1 is 1.00 bits per heavy atom. The molecule has 1 saturated carbocycles. The third-order valence-corrected chi connectivity index (χ3v) is 7.36. The number of ketones is 1. The Morgan fingerprint density at radius 3 is 2.60 bits per heavy atom. The van der Waals surface area contributed by atoms with Crippen molar-refractivity contribution in [3.63, 3.8) is 0 Å². The number of fused-ring (bicyclic) bond motifs is 1. The Bertz CT molecular complexity index is 1410. The van der Waals surface area contributed by atoms with Crippen molar-refractivity contribution in [1.29, 1.82) is 0 Å². The molecule has 2 N–H and O–H groups in total. The number of esters is 1. The molecule has 2 atom stereocenters. The summed E-state index contributed by atoms with van der Waals surface area (Å²) in [6.45, 7) is 1.91. The van der Waals surface area contributed by atoms with Gasteiger partial charge in [0, 0.05) is 52.3 Å². The number of hydrogen-bond donors (Lipinski definition) is 2. The van der Waals surface area contributed by atoms with E-state index in [1.165, 1.54) is 0 Å². The first-order valence-electron chi connectivity index (χ1n) is 12.2. The number of H-pyrrole nitrogens is 1. The first-order chi connectivity index (χ1) is 17.0. The number of carbonyl (C=O) groups is 2. The van der Waals surface area contributed by atoms with Gasteiger partial charge in [-0.15, -0.1) is 0 Å². The summed E-state index contributed by atoms with van der Waals surface area (Å²) < 4.78 is 11.3. The summed E-state index contributed by atoms with van der Waals surface area (Å²) in [7, 11) is 1.66. The average molecular weight is 469 g/mol. The number of para-hydroxylation sites is 1. The summed E-state index contributed by atoms with van der Waals surface area (Å²) in [6.07, 6.45) is 4.71. The molecule has 0 radical (unpaired) electrons. The highest BCUT2D eigenvalue weighted by Crippen LogP contribution is 2.48. The van der Waals surface area contributed by atoms with Crippen molar-refractivity contribution in [2.75, 3.05) is 7.11 Å². The summed E-state index contributed by atoms with van der Waals surface area (Å²) in [6, 6.07) is 15.9. The van der Waals surface area contributed by atoms with Gasteiger partial charge in [-0.1, -0.05) is 30.3 Å². The highest BCUT2D eigenvalue weighted by atomic mass is 16.5. The highest BCUT2D eigenvalue weighted by molar-refractivity contribution is 6.05. The molecule has 6 heteroatoms. The van der Waals surface area contributed by atoms with Gasteiger partial charge in [-0.25, -0.2) is 4.79 Å². The van der Waals surface area contributed by atoms with Crippen LogP contribution in [0.4, 0.5) is 0 Å². The zero-order valence-corrected chi connectivity index (χ0v) is 19.9. The van der Waals surface area contributed by atoms with Crippen LogP contribution in [0, 0.1) is 0 Å². The predicted octanol–water partition coefficient (Wildman–Crippen LogP) is 5.24. The Morgan fingerprint density at radius 2 is 1.80 bits per heavy atom. The Labute approximate surface area is 204 Å². The molecule has 3 aliphatic rings. The molecule has 3 aromatic rings. The van der Waals surface area contributed by atoms with E-state index in [2.05, 4.69) is 10.3 Å². The molecule has 35 heavy (non-hydrogen) atoms. The van der Waals surface area contributed by atoms with Gasteiger partial charge in [0.25, 0.3) is 0 Å². The number of nitrogens with one attached hydrogen (secondary N) is 2. The van der Waals surface area contributed by atoms with Crippen LogP contribution in [0.1, 0.15) is 55.6 Å². The number of aromatic nitrogens is 1. The van der Waals surface area contributed by atoms with Gasteiger partial charge in [-0.3, -0.25) is 4.79 Å². The van der Waals surface area contributed by atoms with E-state index in [9.17, 15) is 9.59 Å². The van der Waals surface area contributed by atoms with Crippen LogP contribution in [0.3, 0.4) is 0 Å². The van der Waals surface area contributed by atoms with E-state index in [0.717, 1.165) is 52.0 Å². The van der Waals surface area contributed by atoms with Crippen molar-refractivity contribution >= 4 is 22.7 Å². The van der Waals surface area contributed by atoms with Gasteiger partial charge in [0.2, 0.25) is 0 Å². The fourth-order valence-electron chi connectivity index (χ4n) is 5.61. The van der Waals surface area contributed by atoms with Gasteiger partial charge in [-0.2, -0.15) is 0 Å². The third-order valence-electron chi connectivity index (χ3n) is 7.36. The number of methoxy groups -OCH3 is 1. The van der Waals surface area contributed by atoms with E-state index < -0.39 is 5.92 Å². The minimum Gasteiger partial charge on any atom is -0.496 e. The number of aromatic amines is 1. The fourth-order valence-corrected chi connectivity index (χ4v) is 5.61. The molecule has 178 valence electrons. The topological polar surface area (TPSA) is 80.4 Å². The summed E-state index contributed by atoms with van der Waals surface area (Å²) in [5.74, 6) is 0.0434. The van der Waals surface area contributed by atoms with Crippen LogP contribution in [0.25, 0.3) is 10.9 Å². The van der Waals surface area contributed by atoms with Gasteiger partial charge in [0.15, 0.2) is 5.78 Å². The number of ether oxygens (including phenoxy) is 2. The van der Waals surface area contributed by atoms with Crippen LogP contribution in [0.2, 0.25) is 0 Å². The van der Waals surface area contributed by atoms with Crippen LogP contribution in [0.5, 0.6) is 5.75 Å². The number of allylic oxidation sites excluding steroid dienone is 3. The minimum atomic E-state index is -0.469. The predicted molar refractivity (Wildman–Crippen MR) is 133 cm³/mol. The number of benzene rings is 2. The number of hydrogen-bond acceptors (Lipinski definition) is 5. The summed E-state index contributed by atoms with van der Waals surface area (Å²) in [5.41, 5.74) is 5.80. The molecule has 0 amide bonds. The largest absolute Gasteiger partial charge is 0.496 e. The Kier molecular flexibility index (Phi) is 5.24. The summed E-state index contributed by atoms with van der Waals surface area (Å²) >= 11 is 0. The molecule has 2 heterocycles. The van der Waals surface area contributed by atoms with Crippen LogP contribution < -0.4 is 10.1 Å². The highest BCUT2D eigenvalue weighted by Gasteiger charge is 2.43. The first kappa shape index (κ1) is 21.7. The van der Waals surface area contributed by atoms with Gasteiger partial charge < -0.3 is 19.8 Å². The molecule has 0 bridgehead atoms. The van der Waals surface area contributed by atoms with Crippen molar-refractivity contribution < 1.29 is 19.1 Å². The van der Waals surface area contributed by atoms with E-state index in [4.69, 9.17) is 9.47 Å². The van der Waals surface area contributed by atoms with E-state index in [1.54, 1.807) is 7.11 Å². The monoisotopic (exact) mass is 468 g/mol. The van der Waals surface area contributed by atoms with Gasteiger partial charge >= 0.3 is 5.97 Å². The normalized spacial score (nSPS) is 22.2. The SMILES string of the molecule is COc1ccccc1C1CC(=O)C2=C(C1)NC(C)=C(C(=O)OC1CC1)C2c1cccc2[nH]ccc12. The van der Waals surface area contributed by atoms with Gasteiger partial charge in [0.05, 0.1) is 12.7 Å². The summed E-state index contributed by atoms with van der Waals surface area (Å²) in [5, 5.41) is 4.45. The standard InChI is InChI=1S/C29H28N2O4/c1-16-26(29(33)35-18-10-11-18)27(21-7-5-8-22-20(21)12-13-30-22)28-23(31-16)14-17(15-24(28)32)19-6-3-4-9-25(19)34-2/h3-9,12-13,17-18,27,30-31H,10-11,14-15H2,1-2H3. The number of carbonyl (C=O) groups excluding carboxylic acids is 2. The second kappa shape index (κ2) is 8.45. The van der Waals surface area contributed by atoms with Crippen LogP contribution in [0.15, 0.2) is 77.3 Å². The molecule has 1 aliphatic heterocycles. The molecule has 1 fully saturated rings. The molecule has 6 nitrogen and oxygen atoms in total. The lowest BCUT2D eigenvalue weighted by Crippen LogP contribution is -2.36. The molecule has 0 saturated heterocycles. The van der Waals surface area contributed by atoms with E-state index in [-0.39, 0.29) is 23.8 Å².